The Morgan fingerprint density at radius 3 is 2.88 bits per heavy atom. The summed E-state index contributed by atoms with van der Waals surface area (Å²) in [5.41, 5.74) is 1.19. The molecule has 0 saturated heterocycles. The molecular weight excluding hydrogens is 214 g/mol. The zero-order valence-corrected chi connectivity index (χ0v) is 10.4. The van der Waals surface area contributed by atoms with Gasteiger partial charge in [0.05, 0.1) is 13.2 Å². The first-order valence-electron chi connectivity index (χ1n) is 6.30. The molecule has 1 fully saturated rings. The molecule has 0 aromatic heterocycles. The molecule has 17 heavy (non-hydrogen) atoms. The molecule has 1 aliphatic rings. The molecule has 1 saturated carbocycles. The number of hydrogen-bond donors (Lipinski definition) is 2. The van der Waals surface area contributed by atoms with Crippen molar-refractivity contribution in [3.05, 3.63) is 29.8 Å². The minimum atomic E-state index is -0.0759. The second-order valence-corrected chi connectivity index (χ2v) is 4.78. The Labute approximate surface area is 103 Å². The normalized spacial score (nSPS) is 23.9. The van der Waals surface area contributed by atoms with Gasteiger partial charge < -0.3 is 15.2 Å². The van der Waals surface area contributed by atoms with Gasteiger partial charge in [-0.15, -0.1) is 0 Å². The summed E-state index contributed by atoms with van der Waals surface area (Å²) in [5.74, 6) is 1.56. The molecule has 2 N–H and O–H groups in total. The van der Waals surface area contributed by atoms with Crippen molar-refractivity contribution in [1.82, 2.24) is 5.32 Å². The van der Waals surface area contributed by atoms with Gasteiger partial charge >= 0.3 is 0 Å². The summed E-state index contributed by atoms with van der Waals surface area (Å²) in [7, 11) is 1.70. The molecule has 1 aliphatic carbocycles. The van der Waals surface area contributed by atoms with Gasteiger partial charge in [0, 0.05) is 12.1 Å². The molecule has 0 spiro atoms. The van der Waals surface area contributed by atoms with Crippen LogP contribution in [-0.4, -0.2) is 24.9 Å². The van der Waals surface area contributed by atoms with E-state index in [0.29, 0.717) is 5.92 Å². The summed E-state index contributed by atoms with van der Waals surface area (Å²) in [6.07, 6.45) is 2.97. The van der Waals surface area contributed by atoms with Gasteiger partial charge in [-0.3, -0.25) is 0 Å². The van der Waals surface area contributed by atoms with Crippen LogP contribution in [0, 0.1) is 5.92 Å². The maximum absolute atomic E-state index is 9.45. The number of benzene rings is 1. The van der Waals surface area contributed by atoms with E-state index in [1.165, 1.54) is 5.56 Å². The van der Waals surface area contributed by atoms with Gasteiger partial charge in [0.15, 0.2) is 0 Å². The molecule has 2 unspecified atom stereocenters. The Morgan fingerprint density at radius 2 is 2.18 bits per heavy atom. The Bertz CT molecular complexity index is 354. The molecule has 2 atom stereocenters. The van der Waals surface area contributed by atoms with Crippen LogP contribution in [0.2, 0.25) is 0 Å². The molecule has 3 nitrogen and oxygen atoms in total. The Kier molecular flexibility index (Phi) is 4.40. The fourth-order valence-corrected chi connectivity index (χ4v) is 2.49. The van der Waals surface area contributed by atoms with Crippen molar-refractivity contribution in [3.8, 4) is 5.75 Å². The van der Waals surface area contributed by atoms with Gasteiger partial charge in [-0.2, -0.15) is 0 Å². The second kappa shape index (κ2) is 6.03. The number of methoxy groups -OCH3 is 1. The number of hydrogen-bond acceptors (Lipinski definition) is 3. The lowest BCUT2D eigenvalue weighted by atomic mass is 10.1. The summed E-state index contributed by atoms with van der Waals surface area (Å²) >= 11 is 0. The summed E-state index contributed by atoms with van der Waals surface area (Å²) in [4.78, 5) is 0. The van der Waals surface area contributed by atoms with E-state index < -0.39 is 0 Å². The number of rotatable bonds is 5. The molecule has 0 amide bonds. The fourth-order valence-electron chi connectivity index (χ4n) is 2.49. The average molecular weight is 235 g/mol. The monoisotopic (exact) mass is 235 g/mol. The van der Waals surface area contributed by atoms with Gasteiger partial charge in [0.1, 0.15) is 5.75 Å². The van der Waals surface area contributed by atoms with E-state index in [0.717, 1.165) is 38.1 Å². The molecule has 0 aliphatic heterocycles. The van der Waals surface area contributed by atoms with E-state index >= 15 is 0 Å². The van der Waals surface area contributed by atoms with Crippen molar-refractivity contribution < 1.29 is 9.84 Å². The van der Waals surface area contributed by atoms with Crippen LogP contribution in [0.1, 0.15) is 24.8 Å². The quantitative estimate of drug-likeness (QED) is 0.819. The highest BCUT2D eigenvalue weighted by Gasteiger charge is 2.22. The van der Waals surface area contributed by atoms with Crippen LogP contribution < -0.4 is 10.1 Å². The van der Waals surface area contributed by atoms with Crippen molar-refractivity contribution in [2.24, 2.45) is 5.92 Å². The molecule has 0 radical (unpaired) electrons. The molecule has 0 heterocycles. The summed E-state index contributed by atoms with van der Waals surface area (Å²) in [6, 6.07) is 8.07. The molecule has 2 rings (SSSR count). The Balaban J connectivity index is 1.78. The first kappa shape index (κ1) is 12.4. The third kappa shape index (κ3) is 3.45. The molecule has 0 bridgehead atoms. The van der Waals surface area contributed by atoms with Gasteiger partial charge in [0.25, 0.3) is 0 Å². The van der Waals surface area contributed by atoms with E-state index in [1.54, 1.807) is 7.11 Å². The second-order valence-electron chi connectivity index (χ2n) is 4.78. The molecule has 1 aromatic rings. The molecular formula is C14H21NO2. The Hall–Kier alpha value is -1.06. The van der Waals surface area contributed by atoms with Crippen LogP contribution in [0.25, 0.3) is 0 Å². The lowest BCUT2D eigenvalue weighted by molar-refractivity contribution is 0.177. The number of nitrogens with one attached hydrogen (secondary N) is 1. The van der Waals surface area contributed by atoms with Gasteiger partial charge in [-0.25, -0.2) is 0 Å². The van der Waals surface area contributed by atoms with Crippen LogP contribution in [0.5, 0.6) is 5.75 Å². The Morgan fingerprint density at radius 1 is 1.35 bits per heavy atom. The predicted molar refractivity (Wildman–Crippen MR) is 68.0 cm³/mol. The van der Waals surface area contributed by atoms with Gasteiger partial charge in [-0.1, -0.05) is 18.2 Å². The van der Waals surface area contributed by atoms with Crippen LogP contribution in [-0.2, 0) is 6.54 Å². The summed E-state index contributed by atoms with van der Waals surface area (Å²) in [5, 5.41) is 12.9. The third-order valence-electron chi connectivity index (χ3n) is 3.45. The van der Waals surface area contributed by atoms with Crippen molar-refractivity contribution in [1.29, 1.82) is 0 Å². The maximum Gasteiger partial charge on any atom is 0.123 e. The van der Waals surface area contributed by atoms with Gasteiger partial charge in [-0.05, 0) is 37.8 Å². The van der Waals surface area contributed by atoms with Crippen LogP contribution >= 0.6 is 0 Å². The third-order valence-corrected chi connectivity index (χ3v) is 3.45. The molecule has 94 valence electrons. The van der Waals surface area contributed by atoms with Crippen molar-refractivity contribution in [3.63, 3.8) is 0 Å². The SMILES string of the molecule is COc1ccccc1CNCC1CCC(O)C1. The number of ether oxygens (including phenoxy) is 1. The standard InChI is InChI=1S/C14H21NO2/c1-17-14-5-3-2-4-12(14)10-15-9-11-6-7-13(16)8-11/h2-5,11,13,15-16H,6-10H2,1H3. The van der Waals surface area contributed by atoms with Crippen molar-refractivity contribution in [2.45, 2.75) is 31.9 Å². The smallest absolute Gasteiger partial charge is 0.123 e. The van der Waals surface area contributed by atoms with E-state index in [-0.39, 0.29) is 6.10 Å². The van der Waals surface area contributed by atoms with Crippen molar-refractivity contribution >= 4 is 0 Å². The van der Waals surface area contributed by atoms with Crippen LogP contribution in [0.15, 0.2) is 24.3 Å². The van der Waals surface area contributed by atoms with Crippen LogP contribution in [0.4, 0.5) is 0 Å². The number of aliphatic hydroxyl groups is 1. The summed E-state index contributed by atoms with van der Waals surface area (Å²) < 4.78 is 5.30. The largest absolute Gasteiger partial charge is 0.496 e. The van der Waals surface area contributed by atoms with E-state index in [2.05, 4.69) is 11.4 Å². The highest BCUT2D eigenvalue weighted by Crippen LogP contribution is 2.25. The lowest BCUT2D eigenvalue weighted by Gasteiger charge is -2.12. The van der Waals surface area contributed by atoms with Crippen molar-refractivity contribution in [2.75, 3.05) is 13.7 Å². The first-order valence-corrected chi connectivity index (χ1v) is 6.30. The first-order chi connectivity index (χ1) is 8.29. The minimum absolute atomic E-state index is 0.0759. The van der Waals surface area contributed by atoms with E-state index in [9.17, 15) is 5.11 Å². The highest BCUT2D eigenvalue weighted by atomic mass is 16.5. The summed E-state index contributed by atoms with van der Waals surface area (Å²) in [6.45, 7) is 1.81. The lowest BCUT2D eigenvalue weighted by Crippen LogP contribution is -2.21. The van der Waals surface area contributed by atoms with Gasteiger partial charge in [0.2, 0.25) is 0 Å². The van der Waals surface area contributed by atoms with Crippen LogP contribution in [0.3, 0.4) is 0 Å². The highest BCUT2D eigenvalue weighted by molar-refractivity contribution is 5.32. The maximum atomic E-state index is 9.45. The topological polar surface area (TPSA) is 41.5 Å². The fraction of sp³-hybridized carbons (Fsp3) is 0.571. The zero-order valence-electron chi connectivity index (χ0n) is 10.4. The molecule has 1 aromatic carbocycles. The molecule has 3 heteroatoms. The minimum Gasteiger partial charge on any atom is -0.496 e. The zero-order chi connectivity index (χ0) is 12.1. The van der Waals surface area contributed by atoms with E-state index in [1.807, 2.05) is 18.2 Å². The number of para-hydroxylation sites is 1. The average Bonchev–Trinajstić information content (AvgIpc) is 2.76. The predicted octanol–water partition coefficient (Wildman–Crippen LogP) is 1.95. The number of aliphatic hydroxyl groups excluding tert-OH is 1. The van der Waals surface area contributed by atoms with E-state index in [4.69, 9.17) is 4.74 Å².